The van der Waals surface area contributed by atoms with Crippen LogP contribution in [0.3, 0.4) is 0 Å². The van der Waals surface area contributed by atoms with Crippen molar-refractivity contribution in [2.45, 2.75) is 36.6 Å². The van der Waals surface area contributed by atoms with E-state index in [0.717, 1.165) is 29.4 Å². The number of para-hydroxylation sites is 1. The predicted octanol–water partition coefficient (Wildman–Crippen LogP) is 4.16. The van der Waals surface area contributed by atoms with E-state index >= 15 is 0 Å². The van der Waals surface area contributed by atoms with Gasteiger partial charge in [0.1, 0.15) is 0 Å². The van der Waals surface area contributed by atoms with Gasteiger partial charge in [0.2, 0.25) is 5.91 Å². The average Bonchev–Trinajstić information content (AvgIpc) is 2.95. The van der Waals surface area contributed by atoms with E-state index in [4.69, 9.17) is 12.2 Å². The topological polar surface area (TPSA) is 38.1 Å². The molecule has 1 aliphatic heterocycles. The lowest BCUT2D eigenvalue weighted by atomic mass is 10.0. The first-order valence-corrected chi connectivity index (χ1v) is 9.94. The molecular formula is C16H19N3OS3. The number of thioether (sulfide) groups is 1. The Morgan fingerprint density at radius 3 is 2.91 bits per heavy atom. The van der Waals surface area contributed by atoms with Crippen LogP contribution in [0.15, 0.2) is 34.7 Å². The minimum atomic E-state index is 0.203. The highest BCUT2D eigenvalue weighted by molar-refractivity contribution is 8.01. The minimum Gasteiger partial charge on any atom is -0.339 e. The summed E-state index contributed by atoms with van der Waals surface area (Å²) in [6.45, 7) is 3.02. The van der Waals surface area contributed by atoms with Crippen LogP contribution in [0.25, 0.3) is 5.69 Å². The summed E-state index contributed by atoms with van der Waals surface area (Å²) < 4.78 is 3.31. The Kier molecular flexibility index (Phi) is 5.50. The van der Waals surface area contributed by atoms with E-state index in [1.54, 1.807) is 4.68 Å². The van der Waals surface area contributed by atoms with Gasteiger partial charge in [0.25, 0.3) is 0 Å². The van der Waals surface area contributed by atoms with Crippen molar-refractivity contribution in [2.24, 2.45) is 0 Å². The molecule has 2 heterocycles. The molecule has 0 saturated carbocycles. The van der Waals surface area contributed by atoms with Crippen LogP contribution in [0.1, 0.15) is 26.2 Å². The first-order chi connectivity index (χ1) is 11.1. The maximum Gasteiger partial charge on any atom is 0.233 e. The van der Waals surface area contributed by atoms with Gasteiger partial charge >= 0.3 is 0 Å². The maximum absolute atomic E-state index is 12.4. The summed E-state index contributed by atoms with van der Waals surface area (Å²) in [5.74, 6) is 0.635. The van der Waals surface area contributed by atoms with Gasteiger partial charge in [0.05, 0.1) is 11.4 Å². The zero-order valence-corrected chi connectivity index (χ0v) is 15.4. The standard InChI is InChI=1S/C16H19N3OS3/c1-12-7-5-6-10-18(12)14(20)11-22-15-17-19(16(21)23-15)13-8-3-2-4-9-13/h2-4,8-9,12H,5-7,10-11H2,1H3. The molecule has 1 aromatic heterocycles. The van der Waals surface area contributed by atoms with Crippen LogP contribution in [0.4, 0.5) is 0 Å². The molecule has 1 aliphatic rings. The summed E-state index contributed by atoms with van der Waals surface area (Å²) in [7, 11) is 0. The van der Waals surface area contributed by atoms with E-state index in [1.165, 1.54) is 29.5 Å². The van der Waals surface area contributed by atoms with Crippen LogP contribution in [0, 0.1) is 3.95 Å². The molecule has 1 saturated heterocycles. The van der Waals surface area contributed by atoms with Crippen LogP contribution in [0.2, 0.25) is 0 Å². The summed E-state index contributed by atoms with van der Waals surface area (Å²) in [6.07, 6.45) is 3.45. The van der Waals surface area contributed by atoms with Crippen LogP contribution >= 0.6 is 35.3 Å². The zero-order valence-electron chi connectivity index (χ0n) is 13.0. The highest BCUT2D eigenvalue weighted by atomic mass is 32.2. The lowest BCUT2D eigenvalue weighted by molar-refractivity contribution is -0.131. The third-order valence-corrected chi connectivity index (χ3v) is 6.32. The molecule has 122 valence electrons. The Bertz CT molecular complexity index is 726. The third-order valence-electron chi connectivity index (χ3n) is 3.97. The smallest absolute Gasteiger partial charge is 0.233 e. The van der Waals surface area contributed by atoms with E-state index in [1.807, 2.05) is 35.2 Å². The number of likely N-dealkylation sites (tertiary alicyclic amines) is 1. The van der Waals surface area contributed by atoms with Crippen molar-refractivity contribution in [1.29, 1.82) is 0 Å². The normalized spacial score (nSPS) is 18.1. The number of benzene rings is 1. The lowest BCUT2D eigenvalue weighted by Crippen LogP contribution is -2.42. The molecule has 0 radical (unpaired) electrons. The number of hydrogen-bond donors (Lipinski definition) is 0. The molecule has 0 N–H and O–H groups in total. The lowest BCUT2D eigenvalue weighted by Gasteiger charge is -2.33. The molecule has 1 fully saturated rings. The Hall–Kier alpha value is -1.18. The fraction of sp³-hybridized carbons (Fsp3) is 0.438. The maximum atomic E-state index is 12.4. The highest BCUT2D eigenvalue weighted by Gasteiger charge is 2.23. The fourth-order valence-electron chi connectivity index (χ4n) is 2.73. The molecule has 23 heavy (non-hydrogen) atoms. The van der Waals surface area contributed by atoms with Crippen molar-refractivity contribution in [2.75, 3.05) is 12.3 Å². The minimum absolute atomic E-state index is 0.203. The number of piperidine rings is 1. The second-order valence-electron chi connectivity index (χ2n) is 5.60. The third kappa shape index (κ3) is 4.02. The van der Waals surface area contributed by atoms with E-state index in [2.05, 4.69) is 12.0 Å². The van der Waals surface area contributed by atoms with Crippen LogP contribution in [-0.2, 0) is 4.79 Å². The zero-order chi connectivity index (χ0) is 16.2. The number of hydrogen-bond acceptors (Lipinski definition) is 5. The molecule has 1 aromatic carbocycles. The number of carbonyl (C=O) groups is 1. The molecule has 0 bridgehead atoms. The number of nitrogens with zero attached hydrogens (tertiary/aromatic N) is 3. The summed E-state index contributed by atoms with van der Waals surface area (Å²) in [4.78, 5) is 14.4. The van der Waals surface area contributed by atoms with E-state index in [9.17, 15) is 4.79 Å². The molecule has 0 spiro atoms. The van der Waals surface area contributed by atoms with Crippen molar-refractivity contribution in [1.82, 2.24) is 14.7 Å². The van der Waals surface area contributed by atoms with Crippen LogP contribution in [-0.4, -0.2) is 38.9 Å². The Morgan fingerprint density at radius 2 is 2.17 bits per heavy atom. The number of rotatable bonds is 4. The average molecular weight is 366 g/mol. The van der Waals surface area contributed by atoms with Crippen LogP contribution < -0.4 is 0 Å². The largest absolute Gasteiger partial charge is 0.339 e. The quantitative estimate of drug-likeness (QED) is 0.602. The van der Waals surface area contributed by atoms with Gasteiger partial charge in [-0.1, -0.05) is 41.3 Å². The number of aromatic nitrogens is 2. The predicted molar refractivity (Wildman–Crippen MR) is 98.0 cm³/mol. The Labute approximate surface area is 149 Å². The highest BCUT2D eigenvalue weighted by Crippen LogP contribution is 2.25. The molecule has 1 amide bonds. The van der Waals surface area contributed by atoms with Gasteiger partial charge in [0.15, 0.2) is 8.29 Å². The van der Waals surface area contributed by atoms with Crippen molar-refractivity contribution in [3.8, 4) is 5.69 Å². The van der Waals surface area contributed by atoms with Crippen molar-refractivity contribution >= 4 is 41.2 Å². The molecule has 1 unspecified atom stereocenters. The second kappa shape index (κ2) is 7.59. The van der Waals surface area contributed by atoms with Crippen molar-refractivity contribution in [3.63, 3.8) is 0 Å². The molecule has 7 heteroatoms. The van der Waals surface area contributed by atoms with Crippen molar-refractivity contribution < 1.29 is 4.79 Å². The van der Waals surface area contributed by atoms with E-state index in [-0.39, 0.29) is 5.91 Å². The van der Waals surface area contributed by atoms with Gasteiger partial charge < -0.3 is 4.90 Å². The monoisotopic (exact) mass is 365 g/mol. The number of carbonyl (C=O) groups excluding carboxylic acids is 1. The SMILES string of the molecule is CC1CCCCN1C(=O)CSc1nn(-c2ccccc2)c(=S)s1. The molecule has 4 nitrogen and oxygen atoms in total. The summed E-state index contributed by atoms with van der Waals surface area (Å²) in [6, 6.07) is 10.2. The molecule has 0 aliphatic carbocycles. The van der Waals surface area contributed by atoms with Gasteiger partial charge in [-0.25, -0.2) is 4.68 Å². The van der Waals surface area contributed by atoms with Gasteiger partial charge in [-0.15, -0.1) is 5.10 Å². The Morgan fingerprint density at radius 1 is 1.39 bits per heavy atom. The molecule has 3 rings (SSSR count). The summed E-state index contributed by atoms with van der Waals surface area (Å²) in [5, 5.41) is 4.54. The molecule has 1 atom stereocenters. The number of amides is 1. The first kappa shape index (κ1) is 16.7. The van der Waals surface area contributed by atoms with Gasteiger partial charge in [-0.2, -0.15) is 0 Å². The fourth-order valence-corrected chi connectivity index (χ4v) is 4.97. The summed E-state index contributed by atoms with van der Waals surface area (Å²) >= 11 is 8.33. The summed E-state index contributed by atoms with van der Waals surface area (Å²) in [5.41, 5.74) is 0.955. The van der Waals surface area contributed by atoms with Gasteiger partial charge in [0, 0.05) is 12.6 Å². The molecular weight excluding hydrogens is 346 g/mol. The molecule has 2 aromatic rings. The van der Waals surface area contributed by atoms with E-state index in [0.29, 0.717) is 15.7 Å². The van der Waals surface area contributed by atoms with Gasteiger partial charge in [-0.3, -0.25) is 4.79 Å². The second-order valence-corrected chi connectivity index (χ2v) is 8.45. The van der Waals surface area contributed by atoms with Crippen LogP contribution in [0.5, 0.6) is 0 Å². The first-order valence-electron chi connectivity index (χ1n) is 7.73. The van der Waals surface area contributed by atoms with Crippen molar-refractivity contribution in [3.05, 3.63) is 34.3 Å². The van der Waals surface area contributed by atoms with Gasteiger partial charge in [-0.05, 0) is 50.5 Å². The Balaban J connectivity index is 1.65. The van der Waals surface area contributed by atoms with E-state index < -0.39 is 0 Å².